The van der Waals surface area contributed by atoms with Crippen LogP contribution in [0.1, 0.15) is 64.5 Å². The third-order valence-corrected chi connectivity index (χ3v) is 11.3. The fourth-order valence-corrected chi connectivity index (χ4v) is 8.16. The van der Waals surface area contributed by atoms with Gasteiger partial charge in [-0.3, -0.25) is 9.36 Å². The van der Waals surface area contributed by atoms with E-state index in [-0.39, 0.29) is 18.7 Å². The van der Waals surface area contributed by atoms with E-state index >= 15 is 0 Å². The number of amides is 3. The number of benzene rings is 6. The number of aryl methyl sites for hydroxylation is 2. The second-order valence-corrected chi connectivity index (χ2v) is 17.1. The van der Waals surface area contributed by atoms with Crippen molar-refractivity contribution in [3.05, 3.63) is 233 Å². The number of hydrogen-bond acceptors (Lipinski definition) is 8. The number of carboxylic acid groups (broad SMARTS) is 1. The van der Waals surface area contributed by atoms with Crippen molar-refractivity contribution in [2.45, 2.75) is 37.5 Å². The first kappa shape index (κ1) is 48.3. The molecule has 0 saturated heterocycles. The smallest absolute Gasteiger partial charge is 0.407 e. The summed E-state index contributed by atoms with van der Waals surface area (Å²) in [6, 6.07) is 60.2. The molecule has 14 nitrogen and oxygen atoms in total. The lowest BCUT2D eigenvalue weighted by molar-refractivity contribution is 0.0527. The molecule has 0 unspecified atom stereocenters. The van der Waals surface area contributed by atoms with Crippen LogP contribution in [0.3, 0.4) is 0 Å². The van der Waals surface area contributed by atoms with Crippen LogP contribution in [-0.4, -0.2) is 61.5 Å². The molecule has 2 aromatic heterocycles. The van der Waals surface area contributed by atoms with Crippen molar-refractivity contribution in [1.82, 2.24) is 30.2 Å². The zero-order valence-electron chi connectivity index (χ0n) is 39.3. The maximum absolute atomic E-state index is 12.8. The highest BCUT2D eigenvalue weighted by atomic mass is 16.6. The number of urea groups is 1. The van der Waals surface area contributed by atoms with Gasteiger partial charge < -0.3 is 36.4 Å². The number of anilines is 3. The normalized spacial score (nSPS) is 11.3. The highest BCUT2D eigenvalue weighted by Gasteiger charge is 2.39. The van der Waals surface area contributed by atoms with Gasteiger partial charge in [-0.15, -0.1) is 0 Å². The van der Waals surface area contributed by atoms with Gasteiger partial charge in [0, 0.05) is 27.2 Å². The number of carbonyl (C=O) groups excluding carboxylic acids is 2. The van der Waals surface area contributed by atoms with Gasteiger partial charge in [-0.05, 0) is 54.2 Å². The summed E-state index contributed by atoms with van der Waals surface area (Å²) in [5, 5.41) is 33.9. The summed E-state index contributed by atoms with van der Waals surface area (Å²) in [6.45, 7) is 5.81. The first-order valence-corrected chi connectivity index (χ1v) is 22.5. The minimum Gasteiger partial charge on any atom is -0.477 e. The Hall–Kier alpha value is -8.65. The molecule has 0 spiro atoms. The summed E-state index contributed by atoms with van der Waals surface area (Å²) in [5.41, 5.74) is 4.51. The van der Waals surface area contributed by atoms with Crippen molar-refractivity contribution < 1.29 is 24.2 Å². The second-order valence-electron chi connectivity index (χ2n) is 17.1. The molecule has 6 N–H and O–H groups in total. The monoisotopic (exact) mass is 923 g/mol. The van der Waals surface area contributed by atoms with E-state index in [4.69, 9.17) is 4.74 Å². The average Bonchev–Trinajstić information content (AvgIpc) is 3.91. The molecule has 8 rings (SSSR count). The number of nitrogens with one attached hydrogen (secondary N) is 5. The van der Waals surface area contributed by atoms with Crippen molar-refractivity contribution in [2.24, 2.45) is 14.1 Å². The third-order valence-electron chi connectivity index (χ3n) is 11.3. The van der Waals surface area contributed by atoms with E-state index < -0.39 is 34.8 Å². The number of aromatic carboxylic acids is 1. The topological polar surface area (TPSA) is 176 Å². The van der Waals surface area contributed by atoms with Gasteiger partial charge in [0.05, 0.1) is 12.4 Å². The van der Waals surface area contributed by atoms with E-state index in [1.54, 1.807) is 43.4 Å². The number of hydrogen-bond donors (Lipinski definition) is 6. The molecule has 69 heavy (non-hydrogen) atoms. The fraction of sp³-hybridized carbons (Fsp3) is 0.182. The Kier molecular flexibility index (Phi) is 15.2. The van der Waals surface area contributed by atoms with Crippen molar-refractivity contribution in [1.29, 1.82) is 0 Å². The number of rotatable bonds is 15. The Bertz CT molecular complexity index is 2710. The van der Waals surface area contributed by atoms with Crippen LogP contribution in [0.25, 0.3) is 0 Å². The fourth-order valence-electron chi connectivity index (χ4n) is 8.16. The number of nitrogens with zero attached hydrogens (tertiary/aromatic N) is 4. The summed E-state index contributed by atoms with van der Waals surface area (Å²) < 4.78 is 8.48. The minimum atomic E-state index is -1.02. The van der Waals surface area contributed by atoms with Gasteiger partial charge in [0.1, 0.15) is 39.6 Å². The van der Waals surface area contributed by atoms with Crippen LogP contribution in [0.2, 0.25) is 0 Å². The maximum Gasteiger partial charge on any atom is 0.407 e. The number of aromatic nitrogens is 4. The molecule has 6 aromatic carbocycles. The SMILES string of the molecule is Cn1ncc(C(=O)O)c1NC(c1ccccc1)(c1ccccc1)c1ccccc1.Cn1ncc(NC(=O)NCCNC(=O)OC(C)(C)C)c1NC(c1ccccc1)(c1ccccc1)c1ccccc1. The summed E-state index contributed by atoms with van der Waals surface area (Å²) in [4.78, 5) is 36.5. The van der Waals surface area contributed by atoms with Crippen LogP contribution < -0.4 is 26.6 Å². The molecule has 0 aliphatic heterocycles. The van der Waals surface area contributed by atoms with E-state index in [0.29, 0.717) is 17.3 Å². The van der Waals surface area contributed by atoms with Crippen molar-refractivity contribution in [3.63, 3.8) is 0 Å². The molecule has 8 aromatic rings. The summed E-state index contributed by atoms with van der Waals surface area (Å²) in [5.74, 6) is 0.0383. The second kappa shape index (κ2) is 21.8. The predicted octanol–water partition coefficient (Wildman–Crippen LogP) is 9.99. The standard InChI is InChI=1S/C31H36N6O3.C24H21N3O2/c1-30(2,3)40-29(39)33-21-20-32-28(38)35-26-22-34-37(4)27(26)36-31(23-14-8-5-9-15-23,24-16-10-6-11-17-24)25-18-12-7-13-19-25;1-27-22(21(17-25-27)23(28)29)26-24(18-11-5-2-6-12-18,19-13-7-3-8-14-19)20-15-9-4-10-16-20/h5-19,22,36H,20-21H2,1-4H3,(H,33,39)(H2,32,35,38);2-17,26H,1H3,(H,28,29). The lowest BCUT2D eigenvalue weighted by Crippen LogP contribution is -2.40. The van der Waals surface area contributed by atoms with Gasteiger partial charge >= 0.3 is 18.1 Å². The van der Waals surface area contributed by atoms with Crippen molar-refractivity contribution in [2.75, 3.05) is 29.0 Å². The molecular weight excluding hydrogens is 867 g/mol. The highest BCUT2D eigenvalue weighted by molar-refractivity contribution is 5.94. The van der Waals surface area contributed by atoms with Crippen LogP contribution in [0, 0.1) is 0 Å². The zero-order chi connectivity index (χ0) is 48.9. The van der Waals surface area contributed by atoms with Gasteiger partial charge in [-0.2, -0.15) is 10.2 Å². The van der Waals surface area contributed by atoms with E-state index in [1.807, 2.05) is 153 Å². The maximum atomic E-state index is 12.8. The Morgan fingerprint density at radius 2 is 0.841 bits per heavy atom. The van der Waals surface area contributed by atoms with Crippen LogP contribution in [0.5, 0.6) is 0 Å². The average molecular weight is 924 g/mol. The Morgan fingerprint density at radius 1 is 0.507 bits per heavy atom. The molecule has 0 fully saturated rings. The quantitative estimate of drug-likeness (QED) is 0.0432. The summed E-state index contributed by atoms with van der Waals surface area (Å²) in [6.07, 6.45) is 2.44. The first-order chi connectivity index (χ1) is 33.3. The molecule has 0 saturated carbocycles. The number of carboxylic acids is 1. The number of ether oxygens (including phenoxy) is 1. The third kappa shape index (κ3) is 11.3. The van der Waals surface area contributed by atoms with Crippen LogP contribution in [0.15, 0.2) is 194 Å². The van der Waals surface area contributed by atoms with E-state index in [1.165, 1.54) is 6.20 Å². The van der Waals surface area contributed by atoms with Crippen molar-refractivity contribution >= 4 is 35.4 Å². The Balaban J connectivity index is 0.000000214. The molecule has 0 atom stereocenters. The van der Waals surface area contributed by atoms with E-state index in [0.717, 1.165) is 33.4 Å². The Morgan fingerprint density at radius 3 is 1.20 bits per heavy atom. The molecular formula is C55H57N9O5. The van der Waals surface area contributed by atoms with Crippen LogP contribution in [-0.2, 0) is 29.9 Å². The van der Waals surface area contributed by atoms with E-state index in [9.17, 15) is 19.5 Å². The first-order valence-electron chi connectivity index (χ1n) is 22.5. The highest BCUT2D eigenvalue weighted by Crippen LogP contribution is 2.42. The molecule has 14 heteroatoms. The lowest BCUT2D eigenvalue weighted by Gasteiger charge is -2.38. The van der Waals surface area contributed by atoms with Crippen molar-refractivity contribution in [3.8, 4) is 0 Å². The molecule has 0 aliphatic rings. The summed E-state index contributed by atoms with van der Waals surface area (Å²) in [7, 11) is 3.56. The van der Waals surface area contributed by atoms with Crippen LogP contribution >= 0.6 is 0 Å². The molecule has 3 amide bonds. The summed E-state index contributed by atoms with van der Waals surface area (Å²) >= 11 is 0. The van der Waals surface area contributed by atoms with Crippen LogP contribution in [0.4, 0.5) is 26.9 Å². The predicted molar refractivity (Wildman–Crippen MR) is 270 cm³/mol. The number of alkyl carbamates (subject to hydrolysis) is 1. The molecule has 0 radical (unpaired) electrons. The van der Waals surface area contributed by atoms with Gasteiger partial charge in [0.25, 0.3) is 0 Å². The number of carbonyl (C=O) groups is 3. The van der Waals surface area contributed by atoms with Gasteiger partial charge in [-0.1, -0.05) is 182 Å². The van der Waals surface area contributed by atoms with E-state index in [2.05, 4.69) is 73.2 Å². The molecule has 352 valence electrons. The van der Waals surface area contributed by atoms with Gasteiger partial charge in [-0.25, -0.2) is 14.4 Å². The zero-order valence-corrected chi connectivity index (χ0v) is 39.3. The Labute approximate surface area is 402 Å². The minimum absolute atomic E-state index is 0.125. The molecule has 2 heterocycles. The molecule has 0 bridgehead atoms. The van der Waals surface area contributed by atoms with Gasteiger partial charge in [0.2, 0.25) is 0 Å². The van der Waals surface area contributed by atoms with Gasteiger partial charge in [0.15, 0.2) is 0 Å². The molecule has 0 aliphatic carbocycles. The largest absolute Gasteiger partial charge is 0.477 e. The lowest BCUT2D eigenvalue weighted by atomic mass is 9.77.